The van der Waals surface area contributed by atoms with Crippen LogP contribution in [0.2, 0.25) is 0 Å². The smallest absolute Gasteiger partial charge is 0.0351 e. The molecule has 0 nitrogen and oxygen atoms in total. The Hall–Kier alpha value is -0.260. The van der Waals surface area contributed by atoms with Crippen molar-refractivity contribution in [3.63, 3.8) is 0 Å². The van der Waals surface area contributed by atoms with Crippen molar-refractivity contribution < 1.29 is 0 Å². The van der Waals surface area contributed by atoms with Crippen molar-refractivity contribution in [2.75, 3.05) is 0 Å². The molecule has 0 spiro atoms. The number of rotatable bonds is 18. The highest BCUT2D eigenvalue weighted by molar-refractivity contribution is 4.81. The molecule has 0 radical (unpaired) electrons. The van der Waals surface area contributed by atoms with Crippen LogP contribution in [-0.4, -0.2) is 0 Å². The van der Waals surface area contributed by atoms with Gasteiger partial charge in [-0.15, -0.1) is 0 Å². The molecule has 0 unspecified atom stereocenters. The summed E-state index contributed by atoms with van der Waals surface area (Å²) in [6.45, 7) is 4.58. The molecular formula is C22H44. The topological polar surface area (TPSA) is 0 Å². The Morgan fingerprint density at radius 1 is 0.364 bits per heavy atom. The minimum Gasteiger partial charge on any atom is -0.0885 e. The van der Waals surface area contributed by atoms with E-state index in [9.17, 15) is 0 Å². The first kappa shape index (κ1) is 21.7. The Morgan fingerprint density at radius 3 is 1.00 bits per heavy atom. The van der Waals surface area contributed by atoms with Crippen molar-refractivity contribution in [3.8, 4) is 0 Å². The van der Waals surface area contributed by atoms with Gasteiger partial charge in [0.2, 0.25) is 0 Å². The van der Waals surface area contributed by atoms with Crippen molar-refractivity contribution in [1.29, 1.82) is 0 Å². The molecule has 0 bridgehead atoms. The molecule has 0 heterocycles. The zero-order chi connectivity index (χ0) is 16.1. The quantitative estimate of drug-likeness (QED) is 0.176. The molecular weight excluding hydrogens is 264 g/mol. The molecule has 0 heteroatoms. The lowest BCUT2D eigenvalue weighted by Gasteiger charge is -2.02. The van der Waals surface area contributed by atoms with Gasteiger partial charge in [0, 0.05) is 0 Å². The van der Waals surface area contributed by atoms with Gasteiger partial charge in [-0.3, -0.25) is 0 Å². The molecule has 0 saturated carbocycles. The summed E-state index contributed by atoms with van der Waals surface area (Å²) in [7, 11) is 0. The van der Waals surface area contributed by atoms with Gasteiger partial charge in [0.25, 0.3) is 0 Å². The first-order valence-electron chi connectivity index (χ1n) is 10.6. The Balaban J connectivity index is 3.00. The van der Waals surface area contributed by atoms with E-state index in [1.165, 1.54) is 116 Å². The summed E-state index contributed by atoms with van der Waals surface area (Å²) in [6, 6.07) is 0. The van der Waals surface area contributed by atoms with Gasteiger partial charge in [-0.1, -0.05) is 116 Å². The van der Waals surface area contributed by atoms with Crippen LogP contribution in [0, 0.1) is 0 Å². The van der Waals surface area contributed by atoms with Gasteiger partial charge in [-0.2, -0.15) is 0 Å². The maximum Gasteiger partial charge on any atom is -0.0351 e. The molecule has 0 N–H and O–H groups in total. The van der Waals surface area contributed by atoms with E-state index in [1.54, 1.807) is 0 Å². The van der Waals surface area contributed by atoms with Gasteiger partial charge in [0.15, 0.2) is 0 Å². The van der Waals surface area contributed by atoms with Crippen LogP contribution in [0.25, 0.3) is 0 Å². The zero-order valence-corrected chi connectivity index (χ0v) is 15.9. The van der Waals surface area contributed by atoms with Gasteiger partial charge in [-0.25, -0.2) is 0 Å². The van der Waals surface area contributed by atoms with E-state index in [0.717, 1.165) is 0 Å². The molecule has 0 aliphatic rings. The summed E-state index contributed by atoms with van der Waals surface area (Å²) >= 11 is 0. The van der Waals surface area contributed by atoms with E-state index in [1.807, 2.05) is 0 Å². The van der Waals surface area contributed by atoms with Gasteiger partial charge < -0.3 is 0 Å². The first-order valence-corrected chi connectivity index (χ1v) is 10.6. The largest absolute Gasteiger partial charge is 0.0885 e. The highest BCUT2D eigenvalue weighted by Gasteiger charge is 1.93. The van der Waals surface area contributed by atoms with Crippen molar-refractivity contribution >= 4 is 0 Å². The molecule has 0 aromatic heterocycles. The maximum atomic E-state index is 2.42. The highest BCUT2D eigenvalue weighted by atomic mass is 14.0. The van der Waals surface area contributed by atoms with E-state index >= 15 is 0 Å². The fraction of sp³-hybridized carbons (Fsp3) is 0.909. The molecule has 0 aliphatic heterocycles. The minimum absolute atomic E-state index is 1.30. The Labute approximate surface area is 142 Å². The lowest BCUT2D eigenvalue weighted by Crippen LogP contribution is -1.82. The predicted molar refractivity (Wildman–Crippen MR) is 104 cm³/mol. The number of hydrogen-bond donors (Lipinski definition) is 0. The van der Waals surface area contributed by atoms with Crippen LogP contribution in [0.1, 0.15) is 129 Å². The van der Waals surface area contributed by atoms with Gasteiger partial charge in [0.05, 0.1) is 0 Å². The van der Waals surface area contributed by atoms with E-state index in [4.69, 9.17) is 0 Å². The van der Waals surface area contributed by atoms with Crippen LogP contribution in [-0.2, 0) is 0 Å². The lowest BCUT2D eigenvalue weighted by molar-refractivity contribution is 0.545. The van der Waals surface area contributed by atoms with Crippen molar-refractivity contribution in [1.82, 2.24) is 0 Å². The molecule has 0 aliphatic carbocycles. The van der Waals surface area contributed by atoms with E-state index in [2.05, 4.69) is 26.0 Å². The first-order chi connectivity index (χ1) is 10.9. The van der Waals surface area contributed by atoms with Gasteiger partial charge >= 0.3 is 0 Å². The molecule has 22 heavy (non-hydrogen) atoms. The van der Waals surface area contributed by atoms with Crippen LogP contribution < -0.4 is 0 Å². The molecule has 0 aromatic carbocycles. The second-order valence-electron chi connectivity index (χ2n) is 7.00. The summed E-state index contributed by atoms with van der Waals surface area (Å²) in [5.41, 5.74) is 0. The molecule has 0 atom stereocenters. The zero-order valence-electron chi connectivity index (χ0n) is 15.9. The van der Waals surface area contributed by atoms with Crippen molar-refractivity contribution in [2.45, 2.75) is 129 Å². The summed E-state index contributed by atoms with van der Waals surface area (Å²) in [4.78, 5) is 0. The van der Waals surface area contributed by atoms with Crippen LogP contribution in [0.4, 0.5) is 0 Å². The summed E-state index contributed by atoms with van der Waals surface area (Å²) in [6.07, 6.45) is 30.4. The van der Waals surface area contributed by atoms with Crippen LogP contribution in [0.5, 0.6) is 0 Å². The average Bonchev–Trinajstić information content (AvgIpc) is 2.54. The second kappa shape index (κ2) is 20.7. The van der Waals surface area contributed by atoms with Gasteiger partial charge in [0.1, 0.15) is 0 Å². The molecule has 132 valence electrons. The Kier molecular flexibility index (Phi) is 20.5. The third-order valence-electron chi connectivity index (χ3n) is 4.62. The molecule has 0 saturated heterocycles. The SMILES string of the molecule is CCCCCC/C=C/CCCCCCCCCCCCCC. The summed E-state index contributed by atoms with van der Waals surface area (Å²) < 4.78 is 0. The van der Waals surface area contributed by atoms with Crippen LogP contribution >= 0.6 is 0 Å². The number of unbranched alkanes of at least 4 members (excludes halogenated alkanes) is 16. The average molecular weight is 309 g/mol. The van der Waals surface area contributed by atoms with Gasteiger partial charge in [-0.05, 0) is 25.7 Å². The van der Waals surface area contributed by atoms with Crippen molar-refractivity contribution in [3.05, 3.63) is 12.2 Å². The molecule has 0 rings (SSSR count). The normalized spacial score (nSPS) is 11.5. The fourth-order valence-electron chi connectivity index (χ4n) is 3.03. The number of allylic oxidation sites excluding steroid dienone is 2. The molecule has 0 aromatic rings. The lowest BCUT2D eigenvalue weighted by atomic mass is 10.0. The van der Waals surface area contributed by atoms with Crippen LogP contribution in [0.15, 0.2) is 12.2 Å². The monoisotopic (exact) mass is 308 g/mol. The Morgan fingerprint density at radius 2 is 0.636 bits per heavy atom. The summed E-state index contributed by atoms with van der Waals surface area (Å²) in [5.74, 6) is 0. The molecule has 0 fully saturated rings. The third-order valence-corrected chi connectivity index (χ3v) is 4.62. The summed E-state index contributed by atoms with van der Waals surface area (Å²) in [5, 5.41) is 0. The van der Waals surface area contributed by atoms with Crippen molar-refractivity contribution in [2.24, 2.45) is 0 Å². The maximum absolute atomic E-state index is 2.42. The van der Waals surface area contributed by atoms with E-state index in [0.29, 0.717) is 0 Å². The van der Waals surface area contributed by atoms with E-state index in [-0.39, 0.29) is 0 Å². The Bertz CT molecular complexity index is 204. The fourth-order valence-corrected chi connectivity index (χ4v) is 3.03. The predicted octanol–water partition coefficient (Wildman–Crippen LogP) is 8.60. The molecule has 0 amide bonds. The minimum atomic E-state index is 1.30. The van der Waals surface area contributed by atoms with Crippen LogP contribution in [0.3, 0.4) is 0 Å². The number of hydrogen-bond acceptors (Lipinski definition) is 0. The second-order valence-corrected chi connectivity index (χ2v) is 7.00. The highest BCUT2D eigenvalue weighted by Crippen LogP contribution is 2.12. The van der Waals surface area contributed by atoms with E-state index < -0.39 is 0 Å². The standard InChI is InChI=1S/C22H44/c1-3-5-7-9-11-13-15-17-19-21-22-20-18-16-14-12-10-8-6-4-2/h13,15H,3-12,14,16-22H2,1-2H3/b15-13+. The third kappa shape index (κ3) is 19.7.